The lowest BCUT2D eigenvalue weighted by molar-refractivity contribution is -0.112. The molecule has 0 spiro atoms. The second-order valence-electron chi connectivity index (χ2n) is 5.09. The zero-order valence-corrected chi connectivity index (χ0v) is 13.7. The van der Waals surface area contributed by atoms with Gasteiger partial charge in [-0.3, -0.25) is 4.79 Å². The molecule has 0 fully saturated rings. The van der Waals surface area contributed by atoms with Crippen LogP contribution in [0.2, 0.25) is 0 Å². The summed E-state index contributed by atoms with van der Waals surface area (Å²) in [5.74, 6) is -2.43. The van der Waals surface area contributed by atoms with Crippen molar-refractivity contribution in [2.45, 2.75) is 0 Å². The van der Waals surface area contributed by atoms with Crippen molar-refractivity contribution in [2.75, 3.05) is 12.4 Å². The number of carbonyl (C=O) groups excluding carboxylic acids is 2. The van der Waals surface area contributed by atoms with E-state index in [0.29, 0.717) is 11.1 Å². The van der Waals surface area contributed by atoms with Crippen LogP contribution in [0.5, 0.6) is 0 Å². The number of carbonyl (C=O) groups is 3. The number of nitriles is 1. The van der Waals surface area contributed by atoms with E-state index in [1.165, 1.54) is 43.5 Å². The molecule has 0 heterocycles. The molecule has 2 aromatic rings. The smallest absolute Gasteiger partial charge is 0.337 e. The van der Waals surface area contributed by atoms with Crippen molar-refractivity contribution in [3.63, 3.8) is 0 Å². The Balaban J connectivity index is 2.24. The number of hydrogen-bond donors (Lipinski definition) is 2. The predicted molar refractivity (Wildman–Crippen MR) is 93.4 cm³/mol. The van der Waals surface area contributed by atoms with Crippen molar-refractivity contribution in [1.29, 1.82) is 5.26 Å². The van der Waals surface area contributed by atoms with Crippen LogP contribution in [0.1, 0.15) is 26.3 Å². The van der Waals surface area contributed by atoms with Gasteiger partial charge in [-0.1, -0.05) is 24.3 Å². The Labute approximate surface area is 149 Å². The Hall–Kier alpha value is -3.92. The van der Waals surface area contributed by atoms with Gasteiger partial charge in [0.1, 0.15) is 11.6 Å². The van der Waals surface area contributed by atoms with Crippen LogP contribution in [-0.4, -0.2) is 30.1 Å². The molecular formula is C19H14N2O5. The number of carboxylic acid groups (broad SMARTS) is 1. The van der Waals surface area contributed by atoms with Gasteiger partial charge in [0.05, 0.1) is 23.9 Å². The normalized spacial score (nSPS) is 10.5. The molecule has 0 radical (unpaired) electrons. The number of benzene rings is 2. The number of carboxylic acids is 1. The molecule has 0 aliphatic heterocycles. The van der Waals surface area contributed by atoms with Crippen LogP contribution >= 0.6 is 0 Å². The quantitative estimate of drug-likeness (QED) is 0.486. The van der Waals surface area contributed by atoms with E-state index >= 15 is 0 Å². The van der Waals surface area contributed by atoms with Crippen molar-refractivity contribution < 1.29 is 24.2 Å². The molecule has 2 aromatic carbocycles. The van der Waals surface area contributed by atoms with Crippen LogP contribution in [0.4, 0.5) is 5.69 Å². The van der Waals surface area contributed by atoms with E-state index in [0.717, 1.165) is 0 Å². The summed E-state index contributed by atoms with van der Waals surface area (Å²) in [6, 6.07) is 13.8. The van der Waals surface area contributed by atoms with E-state index in [1.807, 2.05) is 0 Å². The average Bonchev–Trinajstić information content (AvgIpc) is 2.66. The molecule has 26 heavy (non-hydrogen) atoms. The maximum atomic E-state index is 12.3. The molecule has 2 N–H and O–H groups in total. The summed E-state index contributed by atoms with van der Waals surface area (Å²) in [6.07, 6.45) is 1.33. The number of anilines is 1. The molecule has 7 heteroatoms. The molecule has 1 amide bonds. The van der Waals surface area contributed by atoms with Crippen LogP contribution in [0.15, 0.2) is 54.1 Å². The topological polar surface area (TPSA) is 116 Å². The molecule has 0 bridgehead atoms. The van der Waals surface area contributed by atoms with Gasteiger partial charge in [0.15, 0.2) is 0 Å². The number of nitrogens with zero attached hydrogens (tertiary/aromatic N) is 1. The van der Waals surface area contributed by atoms with Crippen LogP contribution in [0.25, 0.3) is 6.08 Å². The Morgan fingerprint density at radius 3 is 2.35 bits per heavy atom. The number of amides is 1. The third-order valence-corrected chi connectivity index (χ3v) is 3.41. The summed E-state index contributed by atoms with van der Waals surface area (Å²) >= 11 is 0. The largest absolute Gasteiger partial charge is 0.478 e. The van der Waals surface area contributed by atoms with Gasteiger partial charge in [-0.2, -0.15) is 5.26 Å². The van der Waals surface area contributed by atoms with Crippen molar-refractivity contribution in [3.8, 4) is 6.07 Å². The predicted octanol–water partition coefficient (Wildman–Crippen LogP) is 2.72. The fraction of sp³-hybridized carbons (Fsp3) is 0.0526. The van der Waals surface area contributed by atoms with Crippen LogP contribution in [0, 0.1) is 11.3 Å². The molecule has 0 unspecified atom stereocenters. The molecule has 2 rings (SSSR count). The summed E-state index contributed by atoms with van der Waals surface area (Å²) < 4.78 is 4.59. The van der Waals surface area contributed by atoms with E-state index in [1.54, 1.807) is 24.3 Å². The summed E-state index contributed by atoms with van der Waals surface area (Å²) in [5.41, 5.74) is 0.655. The first-order valence-corrected chi connectivity index (χ1v) is 7.40. The summed E-state index contributed by atoms with van der Waals surface area (Å²) in [5, 5.41) is 20.8. The van der Waals surface area contributed by atoms with Crippen LogP contribution in [-0.2, 0) is 9.53 Å². The Morgan fingerprint density at radius 1 is 1.12 bits per heavy atom. The number of nitrogens with one attached hydrogen (secondary N) is 1. The molecule has 0 aliphatic rings. The first kappa shape index (κ1) is 18.4. The van der Waals surface area contributed by atoms with Gasteiger partial charge in [-0.05, 0) is 35.9 Å². The van der Waals surface area contributed by atoms with Crippen molar-refractivity contribution >= 4 is 29.6 Å². The fourth-order valence-corrected chi connectivity index (χ4v) is 2.12. The van der Waals surface area contributed by atoms with E-state index in [9.17, 15) is 19.6 Å². The fourth-order valence-electron chi connectivity index (χ4n) is 2.12. The second kappa shape index (κ2) is 8.26. The minimum absolute atomic E-state index is 0.0828. The van der Waals surface area contributed by atoms with E-state index in [-0.39, 0.29) is 16.8 Å². The Kier molecular flexibility index (Phi) is 5.85. The maximum absolute atomic E-state index is 12.3. The van der Waals surface area contributed by atoms with Gasteiger partial charge in [0, 0.05) is 0 Å². The van der Waals surface area contributed by atoms with Gasteiger partial charge in [-0.25, -0.2) is 9.59 Å². The molecule has 0 aromatic heterocycles. The minimum Gasteiger partial charge on any atom is -0.478 e. The Bertz CT molecular complexity index is 924. The summed E-state index contributed by atoms with van der Waals surface area (Å²) in [4.78, 5) is 34.9. The number of rotatable bonds is 5. The highest BCUT2D eigenvalue weighted by molar-refractivity contribution is 6.11. The average molecular weight is 350 g/mol. The van der Waals surface area contributed by atoms with Crippen LogP contribution in [0.3, 0.4) is 0 Å². The highest BCUT2D eigenvalue weighted by Gasteiger charge is 2.15. The maximum Gasteiger partial charge on any atom is 0.337 e. The lowest BCUT2D eigenvalue weighted by Gasteiger charge is -2.07. The monoisotopic (exact) mass is 350 g/mol. The highest BCUT2D eigenvalue weighted by atomic mass is 16.5. The van der Waals surface area contributed by atoms with E-state index in [2.05, 4.69) is 10.1 Å². The molecule has 0 saturated heterocycles. The highest BCUT2D eigenvalue weighted by Crippen LogP contribution is 2.17. The molecule has 0 aliphatic carbocycles. The zero-order chi connectivity index (χ0) is 19.1. The number of esters is 1. The third-order valence-electron chi connectivity index (χ3n) is 3.41. The standard InChI is InChI=1S/C19H14N2O5/c1-26-19(25)13-8-6-12(7-9-13)10-14(11-20)17(22)21-16-5-3-2-4-15(16)18(23)24/h2-10H,1H3,(H,21,22)(H,23,24)/b14-10+. The molecule has 130 valence electrons. The Morgan fingerprint density at radius 2 is 1.77 bits per heavy atom. The lowest BCUT2D eigenvalue weighted by atomic mass is 10.1. The number of hydrogen-bond acceptors (Lipinski definition) is 5. The summed E-state index contributed by atoms with van der Waals surface area (Å²) in [7, 11) is 1.27. The molecule has 0 saturated carbocycles. The van der Waals surface area contributed by atoms with E-state index in [4.69, 9.17) is 5.11 Å². The number of para-hydroxylation sites is 1. The SMILES string of the molecule is COC(=O)c1ccc(/C=C(\C#N)C(=O)Nc2ccccc2C(=O)O)cc1. The lowest BCUT2D eigenvalue weighted by Crippen LogP contribution is -2.16. The van der Waals surface area contributed by atoms with Gasteiger partial charge < -0.3 is 15.2 Å². The second-order valence-corrected chi connectivity index (χ2v) is 5.09. The number of ether oxygens (including phenoxy) is 1. The van der Waals surface area contributed by atoms with Crippen LogP contribution < -0.4 is 5.32 Å². The zero-order valence-electron chi connectivity index (χ0n) is 13.7. The minimum atomic E-state index is -1.19. The van der Waals surface area contributed by atoms with Gasteiger partial charge >= 0.3 is 11.9 Å². The van der Waals surface area contributed by atoms with Crippen molar-refractivity contribution in [2.24, 2.45) is 0 Å². The van der Waals surface area contributed by atoms with Gasteiger partial charge in [0.25, 0.3) is 5.91 Å². The van der Waals surface area contributed by atoms with Crippen molar-refractivity contribution in [1.82, 2.24) is 0 Å². The molecule has 0 atom stereocenters. The molecular weight excluding hydrogens is 336 g/mol. The summed E-state index contributed by atoms with van der Waals surface area (Å²) in [6.45, 7) is 0. The number of aromatic carboxylic acids is 1. The first-order chi connectivity index (χ1) is 12.5. The van der Waals surface area contributed by atoms with Gasteiger partial charge in [-0.15, -0.1) is 0 Å². The number of methoxy groups -OCH3 is 1. The van der Waals surface area contributed by atoms with Gasteiger partial charge in [0.2, 0.25) is 0 Å². The van der Waals surface area contributed by atoms with Crippen molar-refractivity contribution in [3.05, 3.63) is 70.8 Å². The third kappa shape index (κ3) is 4.33. The first-order valence-electron chi connectivity index (χ1n) is 7.40. The molecule has 7 nitrogen and oxygen atoms in total. The van der Waals surface area contributed by atoms with E-state index < -0.39 is 17.8 Å².